The van der Waals surface area contributed by atoms with Gasteiger partial charge in [-0.1, -0.05) is 61.9 Å². The van der Waals surface area contributed by atoms with Gasteiger partial charge in [0.25, 0.3) is 0 Å². The number of hydrogen-bond donors (Lipinski definition) is 1. The fraction of sp³-hybridized carbons (Fsp3) is 0.633. The van der Waals surface area contributed by atoms with Crippen LogP contribution >= 0.6 is 0 Å². The third-order valence-electron chi connectivity index (χ3n) is 5.35. The molecule has 1 atom stereocenters. The summed E-state index contributed by atoms with van der Waals surface area (Å²) in [6, 6.07) is 8.82. The smallest absolute Gasteiger partial charge is 0.408 e. The second-order valence-corrected chi connectivity index (χ2v) is 9.83. The molecule has 0 aliphatic carbocycles. The number of ether oxygens (including phenoxy) is 3. The summed E-state index contributed by atoms with van der Waals surface area (Å²) < 4.78 is 16.0. The summed E-state index contributed by atoms with van der Waals surface area (Å²) in [5, 5.41) is 3.00. The zero-order valence-electron chi connectivity index (χ0n) is 23.8. The number of rotatable bonds is 14. The van der Waals surface area contributed by atoms with E-state index >= 15 is 0 Å². The molecule has 0 aromatic heterocycles. The average Bonchev–Trinajstić information content (AvgIpc) is 2.80. The van der Waals surface area contributed by atoms with Crippen molar-refractivity contribution in [3.63, 3.8) is 0 Å². The topological polar surface area (TPSA) is 56.8 Å². The highest BCUT2D eigenvalue weighted by molar-refractivity contribution is 5.68. The van der Waals surface area contributed by atoms with Crippen molar-refractivity contribution in [2.24, 2.45) is 0 Å². The number of methoxy groups -OCH3 is 1. The van der Waals surface area contributed by atoms with Gasteiger partial charge in [-0.25, -0.2) is 4.79 Å². The Morgan fingerprint density at radius 2 is 1.57 bits per heavy atom. The number of alkyl carbamates (subject to hydrolysis) is 1. The second kappa shape index (κ2) is 18.2. The maximum Gasteiger partial charge on any atom is 0.408 e. The van der Waals surface area contributed by atoms with Gasteiger partial charge in [0.2, 0.25) is 0 Å². The number of amides is 1. The third kappa shape index (κ3) is 16.2. The molecule has 1 aromatic carbocycles. The van der Waals surface area contributed by atoms with E-state index in [0.717, 1.165) is 25.7 Å². The quantitative estimate of drug-likeness (QED) is 0.165. The van der Waals surface area contributed by atoms with Crippen molar-refractivity contribution in [3.05, 3.63) is 59.2 Å². The lowest BCUT2D eigenvalue weighted by Gasteiger charge is -2.32. The number of nitrogens with one attached hydrogen (secondary N) is 1. The van der Waals surface area contributed by atoms with Crippen LogP contribution in [0.4, 0.5) is 4.79 Å². The first-order valence-electron chi connectivity index (χ1n) is 13.0. The van der Waals surface area contributed by atoms with E-state index in [1.54, 1.807) is 7.11 Å². The summed E-state index contributed by atoms with van der Waals surface area (Å²) in [4.78, 5) is 12.4. The van der Waals surface area contributed by atoms with Crippen molar-refractivity contribution in [3.8, 4) is 0 Å². The summed E-state index contributed by atoms with van der Waals surface area (Å²) in [5.74, 6) is 0. The number of carbonyl (C=O) groups is 1. The molecule has 5 nitrogen and oxygen atoms in total. The van der Waals surface area contributed by atoms with Crippen LogP contribution in [-0.2, 0) is 27.1 Å². The van der Waals surface area contributed by atoms with E-state index in [2.05, 4.69) is 61.7 Å². The van der Waals surface area contributed by atoms with E-state index in [-0.39, 0.29) is 6.79 Å². The van der Waals surface area contributed by atoms with Crippen LogP contribution < -0.4 is 5.32 Å². The number of unbranched alkanes of at least 4 members (excludes halogenated alkanes) is 1. The second-order valence-electron chi connectivity index (χ2n) is 9.83. The fourth-order valence-corrected chi connectivity index (χ4v) is 3.56. The van der Waals surface area contributed by atoms with Crippen LogP contribution in [0.25, 0.3) is 0 Å². The third-order valence-corrected chi connectivity index (χ3v) is 5.35. The zero-order valence-corrected chi connectivity index (χ0v) is 23.8. The molecular weight excluding hydrogens is 438 g/mol. The highest BCUT2D eigenvalue weighted by atomic mass is 16.7. The Kier molecular flexibility index (Phi) is 17.1. The van der Waals surface area contributed by atoms with Gasteiger partial charge in [0.05, 0.1) is 12.1 Å². The summed E-state index contributed by atoms with van der Waals surface area (Å²) in [5.41, 5.74) is 2.91. The number of aryl methyl sites for hydroxylation is 2. The Morgan fingerprint density at radius 3 is 2.09 bits per heavy atom. The monoisotopic (exact) mass is 489 g/mol. The van der Waals surface area contributed by atoms with Gasteiger partial charge < -0.3 is 19.5 Å². The van der Waals surface area contributed by atoms with Crippen molar-refractivity contribution in [1.29, 1.82) is 0 Å². The van der Waals surface area contributed by atoms with E-state index in [0.29, 0.717) is 6.61 Å². The van der Waals surface area contributed by atoms with Crippen molar-refractivity contribution in [2.45, 2.75) is 105 Å². The maximum atomic E-state index is 12.4. The van der Waals surface area contributed by atoms with Gasteiger partial charge in [-0.15, -0.1) is 0 Å². The van der Waals surface area contributed by atoms with Crippen LogP contribution in [0.3, 0.4) is 0 Å². The molecule has 0 fully saturated rings. The maximum absolute atomic E-state index is 12.4. The summed E-state index contributed by atoms with van der Waals surface area (Å²) in [6.07, 6.45) is 12.2. The zero-order chi connectivity index (χ0) is 26.7. The number of carbonyl (C=O) groups excluding carboxylic acids is 1. The molecule has 0 aliphatic rings. The van der Waals surface area contributed by atoms with Gasteiger partial charge in [0.1, 0.15) is 12.4 Å². The Bertz CT molecular complexity index is 747. The van der Waals surface area contributed by atoms with E-state index in [4.69, 9.17) is 14.2 Å². The highest BCUT2D eigenvalue weighted by Crippen LogP contribution is 2.19. The molecule has 1 N–H and O–H groups in total. The van der Waals surface area contributed by atoms with Crippen molar-refractivity contribution >= 4 is 6.09 Å². The molecule has 1 rings (SSSR count). The number of allylic oxidation sites excluding steroid dienone is 4. The van der Waals surface area contributed by atoms with Gasteiger partial charge in [-0.2, -0.15) is 0 Å². The fourth-order valence-electron chi connectivity index (χ4n) is 3.56. The Morgan fingerprint density at radius 1 is 0.971 bits per heavy atom. The van der Waals surface area contributed by atoms with Crippen LogP contribution in [0.2, 0.25) is 0 Å². The largest absolute Gasteiger partial charge is 0.444 e. The molecule has 0 spiro atoms. The number of hydrogen-bond acceptors (Lipinski definition) is 4. The molecular formula is C30H51NO4. The standard InChI is InChI=1S/C28H45NO4.C2H6/c1-8-12-23(9-2)13-10-11-14-24-15-17-25(18-16-24)19-20-28(6,21-32-22-31-7)29-26(30)33-27(3,4)5;1-2/h8-9,12,15-18H,10-11,13-14,19-22H2,1-7H3,(H,29,30);1-2H3/b12-8-,23-9+;. The van der Waals surface area contributed by atoms with Crippen molar-refractivity contribution in [1.82, 2.24) is 5.32 Å². The van der Waals surface area contributed by atoms with Gasteiger partial charge in [-0.3, -0.25) is 0 Å². The summed E-state index contributed by atoms with van der Waals surface area (Å²) in [7, 11) is 1.59. The van der Waals surface area contributed by atoms with Crippen LogP contribution in [0.5, 0.6) is 0 Å². The van der Waals surface area contributed by atoms with Gasteiger partial charge in [0, 0.05) is 7.11 Å². The lowest BCUT2D eigenvalue weighted by molar-refractivity contribution is -0.0533. The Balaban J connectivity index is 0.00000562. The molecule has 0 bridgehead atoms. The Hall–Kier alpha value is -2.11. The molecule has 0 aliphatic heterocycles. The predicted octanol–water partition coefficient (Wildman–Crippen LogP) is 7.78. The molecule has 0 heterocycles. The highest BCUT2D eigenvalue weighted by Gasteiger charge is 2.29. The van der Waals surface area contributed by atoms with Crippen LogP contribution in [0, 0.1) is 0 Å². The lowest BCUT2D eigenvalue weighted by Crippen LogP contribution is -2.51. The van der Waals surface area contributed by atoms with E-state index in [1.165, 1.54) is 29.5 Å². The first kappa shape index (κ1) is 32.9. The summed E-state index contributed by atoms with van der Waals surface area (Å²) >= 11 is 0. The average molecular weight is 490 g/mol. The van der Waals surface area contributed by atoms with Crippen LogP contribution in [0.15, 0.2) is 48.1 Å². The van der Waals surface area contributed by atoms with Gasteiger partial charge in [-0.05, 0) is 91.2 Å². The first-order valence-corrected chi connectivity index (χ1v) is 13.0. The van der Waals surface area contributed by atoms with Gasteiger partial charge >= 0.3 is 6.09 Å². The molecule has 1 amide bonds. The molecule has 1 aromatic rings. The minimum absolute atomic E-state index is 0.185. The Labute approximate surface area is 215 Å². The molecule has 35 heavy (non-hydrogen) atoms. The SMILES string of the molecule is C/C=C\C(=C/C)CCCCc1ccc(CCC(C)(COCOC)NC(=O)OC(C)(C)C)cc1.CC. The summed E-state index contributed by atoms with van der Waals surface area (Å²) in [6.45, 7) is 16.2. The first-order chi connectivity index (χ1) is 16.6. The van der Waals surface area contributed by atoms with E-state index < -0.39 is 17.2 Å². The molecule has 1 unspecified atom stereocenters. The minimum atomic E-state index is -0.559. The van der Waals surface area contributed by atoms with Crippen molar-refractivity contribution in [2.75, 3.05) is 20.5 Å². The predicted molar refractivity (Wildman–Crippen MR) is 148 cm³/mol. The number of benzene rings is 1. The molecule has 5 heteroatoms. The lowest BCUT2D eigenvalue weighted by atomic mass is 9.93. The molecule has 200 valence electrons. The molecule has 0 saturated heterocycles. The van der Waals surface area contributed by atoms with E-state index in [9.17, 15) is 4.79 Å². The van der Waals surface area contributed by atoms with Crippen LogP contribution in [-0.4, -0.2) is 37.7 Å². The minimum Gasteiger partial charge on any atom is -0.444 e. The molecule has 0 saturated carbocycles. The van der Waals surface area contributed by atoms with Crippen LogP contribution in [0.1, 0.15) is 92.2 Å². The van der Waals surface area contributed by atoms with Crippen molar-refractivity contribution < 1.29 is 19.0 Å². The van der Waals surface area contributed by atoms with E-state index in [1.807, 2.05) is 41.5 Å². The molecule has 0 radical (unpaired) electrons. The van der Waals surface area contributed by atoms with Gasteiger partial charge in [0.15, 0.2) is 0 Å². The normalized spacial score (nSPS) is 13.7.